The van der Waals surface area contributed by atoms with Crippen LogP contribution in [0.2, 0.25) is 0 Å². The summed E-state index contributed by atoms with van der Waals surface area (Å²) in [6, 6.07) is 7.84. The average Bonchev–Trinajstić information content (AvgIpc) is 2.29. The molecule has 1 atom stereocenters. The van der Waals surface area contributed by atoms with E-state index in [4.69, 9.17) is 11.6 Å². The lowest BCUT2D eigenvalue weighted by molar-refractivity contribution is 0.509. The van der Waals surface area contributed by atoms with E-state index in [1.165, 1.54) is 5.56 Å². The van der Waals surface area contributed by atoms with Crippen LogP contribution < -0.4 is 4.72 Å². The van der Waals surface area contributed by atoms with Crippen LogP contribution in [0.5, 0.6) is 0 Å². The highest BCUT2D eigenvalue weighted by Gasteiger charge is 2.23. The summed E-state index contributed by atoms with van der Waals surface area (Å²) in [6.45, 7) is 0. The zero-order chi connectivity index (χ0) is 11.6. The Kier molecular flexibility index (Phi) is 3.52. The number of hydrogen-bond acceptors (Lipinski definition) is 2. The number of aryl methyl sites for hydroxylation is 1. The van der Waals surface area contributed by atoms with Crippen molar-refractivity contribution in [3.05, 3.63) is 35.4 Å². The topological polar surface area (TPSA) is 46.2 Å². The van der Waals surface area contributed by atoms with E-state index in [9.17, 15) is 8.42 Å². The molecule has 1 aromatic rings. The van der Waals surface area contributed by atoms with Gasteiger partial charge in [0.05, 0.1) is 0 Å². The smallest absolute Gasteiger partial charge is 0.211 e. The molecule has 0 saturated carbocycles. The van der Waals surface area contributed by atoms with Gasteiger partial charge < -0.3 is 0 Å². The molecule has 0 heterocycles. The van der Waals surface area contributed by atoms with Gasteiger partial charge in [0, 0.05) is 6.04 Å². The first-order valence-corrected chi connectivity index (χ1v) is 7.45. The largest absolute Gasteiger partial charge is 0.226 e. The fraction of sp³-hybridized carbons (Fsp3) is 0.455. The molecule has 1 N–H and O–H groups in total. The van der Waals surface area contributed by atoms with Crippen molar-refractivity contribution in [1.29, 1.82) is 0 Å². The zero-order valence-electron chi connectivity index (χ0n) is 8.82. The number of halogens is 1. The van der Waals surface area contributed by atoms with E-state index in [2.05, 4.69) is 10.8 Å². The molecule has 1 aliphatic rings. The van der Waals surface area contributed by atoms with E-state index in [1.54, 1.807) is 0 Å². The lowest BCUT2D eigenvalue weighted by atomic mass is 9.88. The van der Waals surface area contributed by atoms with Gasteiger partial charge in [-0.3, -0.25) is 0 Å². The fourth-order valence-electron chi connectivity index (χ4n) is 2.12. The molecular formula is C11H14ClNO2S. The van der Waals surface area contributed by atoms with Crippen molar-refractivity contribution in [2.75, 3.05) is 5.21 Å². The minimum Gasteiger partial charge on any atom is -0.211 e. The van der Waals surface area contributed by atoms with Gasteiger partial charge >= 0.3 is 0 Å². The quantitative estimate of drug-likeness (QED) is 0.846. The van der Waals surface area contributed by atoms with Crippen LogP contribution in [0.25, 0.3) is 0 Å². The monoisotopic (exact) mass is 259 g/mol. The van der Waals surface area contributed by atoms with Gasteiger partial charge in [0.25, 0.3) is 0 Å². The molecular weight excluding hydrogens is 246 g/mol. The number of alkyl halides is 1. The van der Waals surface area contributed by atoms with Crippen molar-refractivity contribution in [2.24, 2.45) is 0 Å². The van der Waals surface area contributed by atoms with Gasteiger partial charge in [0.15, 0.2) is 0 Å². The minimum atomic E-state index is -3.35. The predicted molar refractivity (Wildman–Crippen MR) is 64.9 cm³/mol. The van der Waals surface area contributed by atoms with Gasteiger partial charge in [-0.05, 0) is 30.4 Å². The fourth-order valence-corrected chi connectivity index (χ4v) is 3.05. The Morgan fingerprint density at radius 3 is 2.88 bits per heavy atom. The van der Waals surface area contributed by atoms with Crippen molar-refractivity contribution in [2.45, 2.75) is 25.3 Å². The molecule has 16 heavy (non-hydrogen) atoms. The van der Waals surface area contributed by atoms with Crippen molar-refractivity contribution in [3.8, 4) is 0 Å². The van der Waals surface area contributed by atoms with Crippen molar-refractivity contribution in [3.63, 3.8) is 0 Å². The van der Waals surface area contributed by atoms with Crippen molar-refractivity contribution >= 4 is 21.6 Å². The highest BCUT2D eigenvalue weighted by atomic mass is 35.5. The van der Waals surface area contributed by atoms with E-state index in [0.29, 0.717) is 0 Å². The van der Waals surface area contributed by atoms with Crippen molar-refractivity contribution in [1.82, 2.24) is 4.72 Å². The normalized spacial score (nSPS) is 20.4. The zero-order valence-corrected chi connectivity index (χ0v) is 10.4. The van der Waals surface area contributed by atoms with E-state index in [-0.39, 0.29) is 11.3 Å². The number of hydrogen-bond donors (Lipinski definition) is 1. The van der Waals surface area contributed by atoms with Gasteiger partial charge in [-0.2, -0.15) is 0 Å². The van der Waals surface area contributed by atoms with Gasteiger partial charge in [-0.25, -0.2) is 13.1 Å². The number of nitrogens with one attached hydrogen (secondary N) is 1. The first kappa shape index (κ1) is 11.9. The Hall–Kier alpha value is -0.580. The summed E-state index contributed by atoms with van der Waals surface area (Å²) in [6.07, 6.45) is 2.87. The third-order valence-electron chi connectivity index (χ3n) is 2.83. The molecule has 88 valence electrons. The second-order valence-corrected chi connectivity index (χ2v) is 6.32. The molecule has 5 heteroatoms. The molecule has 0 aliphatic heterocycles. The molecule has 0 radical (unpaired) electrons. The van der Waals surface area contributed by atoms with Crippen LogP contribution >= 0.6 is 11.6 Å². The molecule has 0 unspecified atom stereocenters. The Balaban J connectivity index is 2.26. The molecule has 0 fully saturated rings. The lowest BCUT2D eigenvalue weighted by Gasteiger charge is -2.25. The van der Waals surface area contributed by atoms with E-state index >= 15 is 0 Å². The SMILES string of the molecule is O=S(=O)(CCl)N[C@H]1CCCc2ccccc21. The Bertz CT molecular complexity index is 473. The first-order valence-electron chi connectivity index (χ1n) is 5.26. The Morgan fingerprint density at radius 2 is 2.12 bits per heavy atom. The molecule has 1 aliphatic carbocycles. The highest BCUT2D eigenvalue weighted by Crippen LogP contribution is 2.29. The summed E-state index contributed by atoms with van der Waals surface area (Å²) in [5.74, 6) is 0. The summed E-state index contributed by atoms with van der Waals surface area (Å²) in [7, 11) is -3.35. The highest BCUT2D eigenvalue weighted by molar-refractivity contribution is 7.90. The van der Waals surface area contributed by atoms with Crippen molar-refractivity contribution < 1.29 is 8.42 Å². The molecule has 0 spiro atoms. The summed E-state index contributed by atoms with van der Waals surface area (Å²) < 4.78 is 25.5. The third-order valence-corrected chi connectivity index (χ3v) is 4.63. The summed E-state index contributed by atoms with van der Waals surface area (Å²) >= 11 is 5.39. The number of benzene rings is 1. The maximum Gasteiger partial charge on any atom is 0.226 e. The van der Waals surface area contributed by atoms with Crippen LogP contribution in [0.15, 0.2) is 24.3 Å². The molecule has 1 aromatic carbocycles. The first-order chi connectivity index (χ1) is 7.62. The number of rotatable bonds is 3. The third kappa shape index (κ3) is 2.56. The number of sulfonamides is 1. The molecule has 0 saturated heterocycles. The Labute approximate surface area is 101 Å². The van der Waals surface area contributed by atoms with Crippen LogP contribution in [-0.2, 0) is 16.4 Å². The van der Waals surface area contributed by atoms with E-state index < -0.39 is 10.0 Å². The van der Waals surface area contributed by atoms with Gasteiger partial charge in [-0.15, -0.1) is 11.6 Å². The second-order valence-electron chi connectivity index (χ2n) is 3.99. The Morgan fingerprint density at radius 1 is 1.38 bits per heavy atom. The summed E-state index contributed by atoms with van der Waals surface area (Å²) in [5.41, 5.74) is 2.32. The molecule has 3 nitrogen and oxygen atoms in total. The van der Waals surface area contributed by atoms with Crippen LogP contribution in [0.1, 0.15) is 30.0 Å². The van der Waals surface area contributed by atoms with Gasteiger partial charge in [0.1, 0.15) is 5.21 Å². The molecule has 0 bridgehead atoms. The second kappa shape index (κ2) is 4.73. The van der Waals surface area contributed by atoms with Gasteiger partial charge in [0.2, 0.25) is 10.0 Å². The minimum absolute atomic E-state index is 0.117. The molecule has 0 amide bonds. The van der Waals surface area contributed by atoms with E-state index in [1.807, 2.05) is 18.2 Å². The summed E-state index contributed by atoms with van der Waals surface area (Å²) in [5, 5.41) is -0.383. The van der Waals surface area contributed by atoms with E-state index in [0.717, 1.165) is 24.8 Å². The van der Waals surface area contributed by atoms with Crippen LogP contribution in [0.3, 0.4) is 0 Å². The molecule has 0 aromatic heterocycles. The van der Waals surface area contributed by atoms with Crippen LogP contribution in [-0.4, -0.2) is 13.6 Å². The summed E-state index contributed by atoms with van der Waals surface area (Å²) in [4.78, 5) is 0. The average molecular weight is 260 g/mol. The maximum absolute atomic E-state index is 11.4. The van der Waals surface area contributed by atoms with Crippen LogP contribution in [0, 0.1) is 0 Å². The maximum atomic E-state index is 11.4. The van der Waals surface area contributed by atoms with Gasteiger partial charge in [-0.1, -0.05) is 24.3 Å². The van der Waals surface area contributed by atoms with Crippen LogP contribution in [0.4, 0.5) is 0 Å². The number of fused-ring (bicyclic) bond motifs is 1. The predicted octanol–water partition coefficient (Wildman–Crippen LogP) is 2.18. The molecule has 2 rings (SSSR count). The standard InChI is InChI=1S/C11H14ClNO2S/c12-8-16(14,15)13-11-7-3-5-9-4-1-2-6-10(9)11/h1-2,4,6,11,13H,3,5,7-8H2/t11-/m0/s1. The lowest BCUT2D eigenvalue weighted by Crippen LogP contribution is -2.31.